The molecule has 1 atom stereocenters. The van der Waals surface area contributed by atoms with E-state index in [0.29, 0.717) is 19.0 Å². The van der Waals surface area contributed by atoms with Crippen molar-refractivity contribution in [3.63, 3.8) is 0 Å². The molecule has 0 bridgehead atoms. The second-order valence-corrected chi connectivity index (χ2v) is 4.09. The summed E-state index contributed by atoms with van der Waals surface area (Å²) in [5.41, 5.74) is 5.52. The van der Waals surface area contributed by atoms with Gasteiger partial charge in [0, 0.05) is 19.6 Å². The molecular weight excluding hydrogens is 166 g/mol. The van der Waals surface area contributed by atoms with Gasteiger partial charge in [-0.3, -0.25) is 9.69 Å². The van der Waals surface area contributed by atoms with Crippen molar-refractivity contribution in [1.82, 2.24) is 10.2 Å². The molecule has 0 radical (unpaired) electrons. The molecule has 4 heteroatoms. The van der Waals surface area contributed by atoms with E-state index in [1.807, 2.05) is 0 Å². The summed E-state index contributed by atoms with van der Waals surface area (Å²) in [6, 6.07) is 0.139. The normalized spacial score (nSPS) is 24.9. The largest absolute Gasteiger partial charge is 0.350 e. The number of hydrogen-bond acceptors (Lipinski definition) is 3. The molecule has 76 valence electrons. The average molecular weight is 185 g/mol. The first-order valence-electron chi connectivity index (χ1n) is 4.83. The van der Waals surface area contributed by atoms with Crippen LogP contribution in [0.1, 0.15) is 13.8 Å². The van der Waals surface area contributed by atoms with Crippen LogP contribution in [-0.4, -0.2) is 43.0 Å². The lowest BCUT2D eigenvalue weighted by molar-refractivity contribution is -0.125. The van der Waals surface area contributed by atoms with Gasteiger partial charge in [-0.1, -0.05) is 13.8 Å². The first kappa shape index (κ1) is 10.5. The molecule has 1 rings (SSSR count). The lowest BCUT2D eigenvalue weighted by Crippen LogP contribution is -2.57. The molecule has 4 nitrogen and oxygen atoms in total. The monoisotopic (exact) mass is 185 g/mol. The van der Waals surface area contributed by atoms with Gasteiger partial charge < -0.3 is 11.1 Å². The summed E-state index contributed by atoms with van der Waals surface area (Å²) in [5.74, 6) is 0.701. The molecule has 3 N–H and O–H groups in total. The van der Waals surface area contributed by atoms with Crippen LogP contribution < -0.4 is 11.1 Å². The van der Waals surface area contributed by atoms with Gasteiger partial charge in [-0.15, -0.1) is 0 Å². The zero-order valence-corrected chi connectivity index (χ0v) is 8.42. The Kier molecular flexibility index (Phi) is 3.69. The molecule has 0 spiro atoms. The first-order chi connectivity index (χ1) is 6.11. The zero-order chi connectivity index (χ0) is 9.84. The van der Waals surface area contributed by atoms with Gasteiger partial charge in [-0.25, -0.2) is 0 Å². The van der Waals surface area contributed by atoms with Gasteiger partial charge >= 0.3 is 0 Å². The molecular formula is C9H19N3O. The number of piperazine rings is 1. The first-order valence-corrected chi connectivity index (χ1v) is 4.83. The van der Waals surface area contributed by atoms with Crippen LogP contribution in [0.5, 0.6) is 0 Å². The lowest BCUT2D eigenvalue weighted by Gasteiger charge is -2.33. The van der Waals surface area contributed by atoms with Crippen molar-refractivity contribution in [2.45, 2.75) is 19.9 Å². The van der Waals surface area contributed by atoms with E-state index in [1.165, 1.54) is 0 Å². The Bertz CT molecular complexity index is 182. The van der Waals surface area contributed by atoms with Crippen molar-refractivity contribution in [3.05, 3.63) is 0 Å². The van der Waals surface area contributed by atoms with Crippen LogP contribution in [0.3, 0.4) is 0 Å². The van der Waals surface area contributed by atoms with Gasteiger partial charge in [0.2, 0.25) is 5.91 Å². The predicted molar refractivity (Wildman–Crippen MR) is 52.3 cm³/mol. The third-order valence-electron chi connectivity index (χ3n) is 2.12. The Morgan fingerprint density at radius 2 is 2.38 bits per heavy atom. The minimum Gasteiger partial charge on any atom is -0.350 e. The summed E-state index contributed by atoms with van der Waals surface area (Å²) in [6.07, 6.45) is 0. The number of nitrogens with one attached hydrogen (secondary N) is 1. The van der Waals surface area contributed by atoms with Crippen molar-refractivity contribution in [2.75, 3.05) is 26.2 Å². The maximum absolute atomic E-state index is 11.2. The number of carbonyl (C=O) groups excluding carboxylic acids is 1. The van der Waals surface area contributed by atoms with E-state index < -0.39 is 0 Å². The summed E-state index contributed by atoms with van der Waals surface area (Å²) in [6.45, 7) is 7.23. The fourth-order valence-corrected chi connectivity index (χ4v) is 1.69. The third kappa shape index (κ3) is 3.32. The van der Waals surface area contributed by atoms with E-state index in [0.717, 1.165) is 13.1 Å². The summed E-state index contributed by atoms with van der Waals surface area (Å²) in [4.78, 5) is 13.4. The Morgan fingerprint density at radius 3 is 2.92 bits per heavy atom. The van der Waals surface area contributed by atoms with Gasteiger partial charge in [0.05, 0.1) is 12.6 Å². The molecule has 1 saturated heterocycles. The Balaban J connectivity index is 2.42. The highest BCUT2D eigenvalue weighted by Crippen LogP contribution is 2.03. The van der Waals surface area contributed by atoms with Crippen molar-refractivity contribution in [2.24, 2.45) is 11.7 Å². The van der Waals surface area contributed by atoms with Gasteiger partial charge in [0.15, 0.2) is 0 Å². The fourth-order valence-electron chi connectivity index (χ4n) is 1.69. The second kappa shape index (κ2) is 4.58. The minimum atomic E-state index is 0.0994. The number of nitrogens with two attached hydrogens (primary N) is 1. The summed E-state index contributed by atoms with van der Waals surface area (Å²) < 4.78 is 0. The van der Waals surface area contributed by atoms with E-state index in [1.54, 1.807) is 0 Å². The van der Waals surface area contributed by atoms with Crippen molar-refractivity contribution in [1.29, 1.82) is 0 Å². The zero-order valence-electron chi connectivity index (χ0n) is 8.42. The minimum absolute atomic E-state index is 0.0994. The summed E-state index contributed by atoms with van der Waals surface area (Å²) in [5, 5.41) is 2.86. The van der Waals surface area contributed by atoms with Crippen LogP contribution in [0.15, 0.2) is 0 Å². The van der Waals surface area contributed by atoms with Gasteiger partial charge in [-0.05, 0) is 5.92 Å². The van der Waals surface area contributed by atoms with Crippen LogP contribution in [0, 0.1) is 5.92 Å². The summed E-state index contributed by atoms with van der Waals surface area (Å²) >= 11 is 0. The van der Waals surface area contributed by atoms with Crippen LogP contribution in [0.4, 0.5) is 0 Å². The second-order valence-electron chi connectivity index (χ2n) is 4.09. The predicted octanol–water partition coefficient (Wildman–Crippen LogP) is -0.598. The quantitative estimate of drug-likeness (QED) is 0.617. The standard InChI is InChI=1S/C9H19N3O/c1-7(2)4-12-5-8(3-10)11-9(13)6-12/h7-8H,3-6,10H2,1-2H3,(H,11,13). The number of amides is 1. The molecule has 1 heterocycles. The fraction of sp³-hybridized carbons (Fsp3) is 0.889. The van der Waals surface area contributed by atoms with Crippen molar-refractivity contribution < 1.29 is 4.79 Å². The smallest absolute Gasteiger partial charge is 0.234 e. The third-order valence-corrected chi connectivity index (χ3v) is 2.12. The van der Waals surface area contributed by atoms with Crippen LogP contribution in [0.2, 0.25) is 0 Å². The van der Waals surface area contributed by atoms with Crippen LogP contribution in [-0.2, 0) is 4.79 Å². The molecule has 1 aliphatic heterocycles. The molecule has 0 aromatic carbocycles. The number of hydrogen-bond donors (Lipinski definition) is 2. The lowest BCUT2D eigenvalue weighted by atomic mass is 10.1. The van der Waals surface area contributed by atoms with Crippen LogP contribution >= 0.6 is 0 Å². The number of rotatable bonds is 3. The topological polar surface area (TPSA) is 58.4 Å². The highest BCUT2D eigenvalue weighted by Gasteiger charge is 2.23. The highest BCUT2D eigenvalue weighted by atomic mass is 16.2. The Hall–Kier alpha value is -0.610. The maximum Gasteiger partial charge on any atom is 0.234 e. The van der Waals surface area contributed by atoms with Crippen molar-refractivity contribution >= 4 is 5.91 Å². The molecule has 0 aliphatic carbocycles. The molecule has 0 aromatic rings. The Labute approximate surface area is 79.5 Å². The van der Waals surface area contributed by atoms with Crippen LogP contribution in [0.25, 0.3) is 0 Å². The van der Waals surface area contributed by atoms with Gasteiger partial charge in [0.1, 0.15) is 0 Å². The van der Waals surface area contributed by atoms with Gasteiger partial charge in [0.25, 0.3) is 0 Å². The maximum atomic E-state index is 11.2. The van der Waals surface area contributed by atoms with E-state index in [4.69, 9.17) is 5.73 Å². The molecule has 1 fully saturated rings. The van der Waals surface area contributed by atoms with E-state index in [2.05, 4.69) is 24.1 Å². The molecule has 0 saturated carbocycles. The van der Waals surface area contributed by atoms with Crippen molar-refractivity contribution in [3.8, 4) is 0 Å². The highest BCUT2D eigenvalue weighted by molar-refractivity contribution is 5.79. The van der Waals surface area contributed by atoms with E-state index >= 15 is 0 Å². The van der Waals surface area contributed by atoms with Gasteiger partial charge in [-0.2, -0.15) is 0 Å². The number of carbonyl (C=O) groups is 1. The van der Waals surface area contributed by atoms with E-state index in [-0.39, 0.29) is 11.9 Å². The molecule has 1 amide bonds. The Morgan fingerprint density at radius 1 is 1.69 bits per heavy atom. The summed E-state index contributed by atoms with van der Waals surface area (Å²) in [7, 11) is 0. The average Bonchev–Trinajstić information content (AvgIpc) is 2.01. The molecule has 0 aromatic heterocycles. The molecule has 1 aliphatic rings. The van der Waals surface area contributed by atoms with E-state index in [9.17, 15) is 4.79 Å². The number of nitrogens with zero attached hydrogens (tertiary/aromatic N) is 1. The SMILES string of the molecule is CC(C)CN1CC(=O)NC(CN)C1. The molecule has 1 unspecified atom stereocenters. The molecule has 13 heavy (non-hydrogen) atoms.